The lowest BCUT2D eigenvalue weighted by Gasteiger charge is -2.09. The van der Waals surface area contributed by atoms with E-state index in [1.807, 2.05) is 11.6 Å². The van der Waals surface area contributed by atoms with Crippen molar-refractivity contribution in [2.45, 2.75) is 46.7 Å². The number of aromatic nitrogens is 2. The van der Waals surface area contributed by atoms with Crippen LogP contribution in [0.15, 0.2) is 0 Å². The summed E-state index contributed by atoms with van der Waals surface area (Å²) in [6.45, 7) is 9.25. The lowest BCUT2D eigenvalue weighted by atomic mass is 10.0. The molecule has 0 saturated carbocycles. The maximum atomic E-state index is 6.01. The third kappa shape index (κ3) is 1.75. The van der Waals surface area contributed by atoms with Gasteiger partial charge in [-0.1, -0.05) is 6.92 Å². The Balaban J connectivity index is 3.12. The van der Waals surface area contributed by atoms with E-state index in [2.05, 4.69) is 25.9 Å². The highest BCUT2D eigenvalue weighted by atomic mass is 15.3. The molecule has 0 bridgehead atoms. The van der Waals surface area contributed by atoms with Gasteiger partial charge in [-0.15, -0.1) is 0 Å². The molecular weight excluding hydrogens is 162 g/mol. The van der Waals surface area contributed by atoms with E-state index < -0.39 is 0 Å². The van der Waals surface area contributed by atoms with Gasteiger partial charge in [0.15, 0.2) is 0 Å². The van der Waals surface area contributed by atoms with Crippen molar-refractivity contribution >= 4 is 0 Å². The third-order valence-corrected chi connectivity index (χ3v) is 2.55. The van der Waals surface area contributed by atoms with Crippen LogP contribution in [-0.4, -0.2) is 9.78 Å². The Bertz CT molecular complexity index is 289. The Morgan fingerprint density at radius 1 is 1.38 bits per heavy atom. The summed E-state index contributed by atoms with van der Waals surface area (Å²) in [5.41, 5.74) is 9.53. The predicted molar refractivity (Wildman–Crippen MR) is 54.6 cm³/mol. The second-order valence-electron chi connectivity index (χ2n) is 3.41. The quantitative estimate of drug-likeness (QED) is 0.774. The normalized spacial score (nSPS) is 13.3. The average molecular weight is 181 g/mol. The molecule has 1 rings (SSSR count). The topological polar surface area (TPSA) is 43.8 Å². The molecule has 0 amide bonds. The fourth-order valence-electron chi connectivity index (χ4n) is 1.76. The van der Waals surface area contributed by atoms with E-state index in [9.17, 15) is 0 Å². The second-order valence-corrected chi connectivity index (χ2v) is 3.41. The smallest absolute Gasteiger partial charge is 0.0644 e. The number of nitrogens with zero attached hydrogens (tertiary/aromatic N) is 2. The molecule has 0 aliphatic rings. The lowest BCUT2D eigenvalue weighted by Crippen LogP contribution is -2.11. The number of nitrogens with two attached hydrogens (primary N) is 1. The minimum absolute atomic E-state index is 0.139. The summed E-state index contributed by atoms with van der Waals surface area (Å²) in [4.78, 5) is 0. The van der Waals surface area contributed by atoms with Crippen molar-refractivity contribution in [3.8, 4) is 0 Å². The van der Waals surface area contributed by atoms with Crippen LogP contribution in [0.25, 0.3) is 0 Å². The first kappa shape index (κ1) is 10.3. The lowest BCUT2D eigenvalue weighted by molar-refractivity contribution is 0.628. The van der Waals surface area contributed by atoms with Crippen molar-refractivity contribution in [1.82, 2.24) is 9.78 Å². The van der Waals surface area contributed by atoms with Gasteiger partial charge in [-0.05, 0) is 27.2 Å². The number of rotatable bonds is 3. The highest BCUT2D eigenvalue weighted by molar-refractivity contribution is 5.27. The fraction of sp³-hybridized carbons (Fsp3) is 0.700. The molecule has 0 radical (unpaired) electrons. The molecule has 0 aromatic carbocycles. The Morgan fingerprint density at radius 3 is 2.38 bits per heavy atom. The SMILES string of the molecule is CC[C@H](N)c1c(C)nn(CC)c1C. The van der Waals surface area contributed by atoms with E-state index in [1.165, 1.54) is 11.3 Å². The zero-order valence-corrected chi connectivity index (χ0v) is 8.96. The van der Waals surface area contributed by atoms with Crippen molar-refractivity contribution in [2.75, 3.05) is 0 Å². The van der Waals surface area contributed by atoms with Crippen LogP contribution in [0, 0.1) is 13.8 Å². The van der Waals surface area contributed by atoms with Gasteiger partial charge < -0.3 is 5.73 Å². The molecule has 1 aromatic rings. The molecule has 0 spiro atoms. The summed E-state index contributed by atoms with van der Waals surface area (Å²) in [5, 5.41) is 4.43. The first-order chi connectivity index (χ1) is 6.11. The molecule has 0 fully saturated rings. The average Bonchev–Trinajstić information content (AvgIpc) is 2.40. The van der Waals surface area contributed by atoms with Gasteiger partial charge in [0.2, 0.25) is 0 Å². The highest BCUT2D eigenvalue weighted by Crippen LogP contribution is 2.21. The van der Waals surface area contributed by atoms with Gasteiger partial charge in [-0.2, -0.15) is 5.10 Å². The minimum Gasteiger partial charge on any atom is -0.324 e. The minimum atomic E-state index is 0.139. The van der Waals surface area contributed by atoms with Crippen molar-refractivity contribution in [3.05, 3.63) is 17.0 Å². The molecule has 0 saturated heterocycles. The first-order valence-electron chi connectivity index (χ1n) is 4.91. The first-order valence-corrected chi connectivity index (χ1v) is 4.91. The summed E-state index contributed by atoms with van der Waals surface area (Å²) in [6.07, 6.45) is 0.969. The third-order valence-electron chi connectivity index (χ3n) is 2.55. The summed E-state index contributed by atoms with van der Waals surface area (Å²) in [5.74, 6) is 0. The zero-order valence-electron chi connectivity index (χ0n) is 8.96. The largest absolute Gasteiger partial charge is 0.324 e. The molecule has 2 N–H and O–H groups in total. The van der Waals surface area contributed by atoms with E-state index in [0.717, 1.165) is 18.7 Å². The molecule has 0 unspecified atom stereocenters. The standard InChI is InChI=1S/C10H19N3/c1-5-9(11)10-7(3)12-13(6-2)8(10)4/h9H,5-6,11H2,1-4H3/t9-/m0/s1. The summed E-state index contributed by atoms with van der Waals surface area (Å²) < 4.78 is 2.01. The van der Waals surface area contributed by atoms with Crippen molar-refractivity contribution < 1.29 is 0 Å². The van der Waals surface area contributed by atoms with Crippen LogP contribution in [0.2, 0.25) is 0 Å². The second kappa shape index (κ2) is 3.92. The van der Waals surface area contributed by atoms with Crippen LogP contribution in [0.4, 0.5) is 0 Å². The van der Waals surface area contributed by atoms with Crippen LogP contribution in [0.1, 0.15) is 43.3 Å². The van der Waals surface area contributed by atoms with Crippen molar-refractivity contribution in [2.24, 2.45) is 5.73 Å². The summed E-state index contributed by atoms with van der Waals surface area (Å²) in [6, 6.07) is 0.139. The van der Waals surface area contributed by atoms with Gasteiger partial charge in [0, 0.05) is 23.8 Å². The highest BCUT2D eigenvalue weighted by Gasteiger charge is 2.15. The van der Waals surface area contributed by atoms with Crippen LogP contribution in [0.5, 0.6) is 0 Å². The molecule has 1 heterocycles. The Morgan fingerprint density at radius 2 is 2.00 bits per heavy atom. The Hall–Kier alpha value is -0.830. The van der Waals surface area contributed by atoms with Crippen molar-refractivity contribution in [3.63, 3.8) is 0 Å². The van der Waals surface area contributed by atoms with Gasteiger partial charge in [0.1, 0.15) is 0 Å². The van der Waals surface area contributed by atoms with E-state index in [-0.39, 0.29) is 6.04 Å². The molecule has 3 heteroatoms. The van der Waals surface area contributed by atoms with Gasteiger partial charge >= 0.3 is 0 Å². The molecule has 3 nitrogen and oxygen atoms in total. The predicted octanol–water partition coefficient (Wildman–Crippen LogP) is 1.93. The van der Waals surface area contributed by atoms with Gasteiger partial charge in [0.05, 0.1) is 5.69 Å². The molecule has 1 atom stereocenters. The van der Waals surface area contributed by atoms with Crippen molar-refractivity contribution in [1.29, 1.82) is 0 Å². The molecule has 13 heavy (non-hydrogen) atoms. The monoisotopic (exact) mass is 181 g/mol. The maximum Gasteiger partial charge on any atom is 0.0644 e. The molecule has 0 aliphatic carbocycles. The molecule has 0 aliphatic heterocycles. The van der Waals surface area contributed by atoms with Crippen LogP contribution >= 0.6 is 0 Å². The van der Waals surface area contributed by atoms with Crippen LogP contribution < -0.4 is 5.73 Å². The molecule has 74 valence electrons. The Labute approximate surface area is 79.9 Å². The zero-order chi connectivity index (χ0) is 10.0. The van der Waals surface area contributed by atoms with E-state index >= 15 is 0 Å². The molecular formula is C10H19N3. The van der Waals surface area contributed by atoms with Crippen LogP contribution in [-0.2, 0) is 6.54 Å². The van der Waals surface area contributed by atoms with Gasteiger partial charge in [0.25, 0.3) is 0 Å². The number of hydrogen-bond donors (Lipinski definition) is 1. The summed E-state index contributed by atoms with van der Waals surface area (Å²) >= 11 is 0. The fourth-order valence-corrected chi connectivity index (χ4v) is 1.76. The van der Waals surface area contributed by atoms with Gasteiger partial charge in [-0.25, -0.2) is 0 Å². The van der Waals surface area contributed by atoms with Gasteiger partial charge in [-0.3, -0.25) is 4.68 Å². The summed E-state index contributed by atoms with van der Waals surface area (Å²) in [7, 11) is 0. The Kier molecular flexibility index (Phi) is 3.09. The van der Waals surface area contributed by atoms with E-state index in [1.54, 1.807) is 0 Å². The number of hydrogen-bond acceptors (Lipinski definition) is 2. The van der Waals surface area contributed by atoms with E-state index in [0.29, 0.717) is 0 Å². The van der Waals surface area contributed by atoms with E-state index in [4.69, 9.17) is 5.73 Å². The number of aryl methyl sites for hydroxylation is 2. The molecule has 1 aromatic heterocycles. The van der Waals surface area contributed by atoms with Crippen LogP contribution in [0.3, 0.4) is 0 Å². The maximum absolute atomic E-state index is 6.01.